The molecule has 1 aliphatic heterocycles. The van der Waals surface area contributed by atoms with Gasteiger partial charge in [-0.05, 0) is 30.7 Å². The van der Waals surface area contributed by atoms with Gasteiger partial charge in [-0.3, -0.25) is 0 Å². The quantitative estimate of drug-likeness (QED) is 0.860. The predicted molar refractivity (Wildman–Crippen MR) is 65.3 cm³/mol. The number of nitrogens with two attached hydrogens (primary N) is 1. The third kappa shape index (κ3) is 1.60. The smallest absolute Gasteiger partial charge is 0.164 e. The minimum absolute atomic E-state index is 0.477. The van der Waals surface area contributed by atoms with E-state index in [2.05, 4.69) is 10.1 Å². The van der Waals surface area contributed by atoms with E-state index < -0.39 is 0 Å². The first-order valence-corrected chi connectivity index (χ1v) is 6.59. The fraction of sp³-hybridized carbons (Fsp3) is 0.455. The van der Waals surface area contributed by atoms with Gasteiger partial charge in [0.25, 0.3) is 0 Å². The van der Waals surface area contributed by atoms with Crippen molar-refractivity contribution in [3.05, 3.63) is 29.7 Å². The summed E-state index contributed by atoms with van der Waals surface area (Å²) < 4.78 is 1.87. The summed E-state index contributed by atoms with van der Waals surface area (Å²) in [7, 11) is 0. The van der Waals surface area contributed by atoms with E-state index in [1.54, 1.807) is 0 Å². The van der Waals surface area contributed by atoms with Gasteiger partial charge in [0.05, 0.1) is 10.9 Å². The van der Waals surface area contributed by atoms with Crippen molar-refractivity contribution in [3.63, 3.8) is 0 Å². The molecule has 1 unspecified atom stereocenters. The van der Waals surface area contributed by atoms with E-state index in [1.165, 1.54) is 18.6 Å². The van der Waals surface area contributed by atoms with Crippen LogP contribution in [-0.4, -0.2) is 20.4 Å². The zero-order valence-corrected chi connectivity index (χ0v) is 9.78. The van der Waals surface area contributed by atoms with Crippen molar-refractivity contribution >= 4 is 17.4 Å². The van der Waals surface area contributed by atoms with Crippen molar-refractivity contribution in [3.8, 4) is 0 Å². The molecule has 3 rings (SSSR count). The molecule has 4 nitrogen and oxygen atoms in total. The highest BCUT2D eigenvalue weighted by Crippen LogP contribution is 2.38. The maximum atomic E-state index is 5.68. The van der Waals surface area contributed by atoms with Gasteiger partial charge in [-0.2, -0.15) is 11.8 Å². The van der Waals surface area contributed by atoms with Crippen LogP contribution in [0.5, 0.6) is 0 Å². The maximum Gasteiger partial charge on any atom is 0.164 e. The number of pyridine rings is 1. The molecule has 1 saturated heterocycles. The Kier molecular flexibility index (Phi) is 2.57. The molecule has 0 amide bonds. The number of thioether (sulfide) groups is 1. The van der Waals surface area contributed by atoms with Gasteiger partial charge in [0.15, 0.2) is 11.5 Å². The second kappa shape index (κ2) is 4.07. The third-order valence-electron chi connectivity index (χ3n) is 2.88. The average molecular weight is 234 g/mol. The second-order valence-electron chi connectivity index (χ2n) is 3.96. The number of nitrogens with zero attached hydrogens (tertiary/aromatic N) is 3. The first-order chi connectivity index (χ1) is 7.88. The van der Waals surface area contributed by atoms with Crippen LogP contribution in [0.15, 0.2) is 18.2 Å². The molecule has 0 spiro atoms. The van der Waals surface area contributed by atoms with Crippen LogP contribution in [0.2, 0.25) is 0 Å². The standard InChI is InChI=1S/C11H14N4S/c12-7-8-3-1-5-10-13-11(14-15(8)10)9-4-2-6-16-9/h1,3,5,9H,2,4,6-7,12H2. The Labute approximate surface area is 98.2 Å². The Morgan fingerprint density at radius 1 is 1.50 bits per heavy atom. The summed E-state index contributed by atoms with van der Waals surface area (Å²) in [6, 6.07) is 5.96. The van der Waals surface area contributed by atoms with Gasteiger partial charge < -0.3 is 5.73 Å². The number of fused-ring (bicyclic) bond motifs is 1. The summed E-state index contributed by atoms with van der Waals surface area (Å²) in [6.45, 7) is 0.498. The van der Waals surface area contributed by atoms with Crippen LogP contribution in [0, 0.1) is 0 Å². The van der Waals surface area contributed by atoms with E-state index in [0.29, 0.717) is 11.8 Å². The van der Waals surface area contributed by atoms with Crippen molar-refractivity contribution in [1.82, 2.24) is 14.6 Å². The third-order valence-corrected chi connectivity index (χ3v) is 4.25. The lowest BCUT2D eigenvalue weighted by Gasteiger charge is -2.01. The summed E-state index contributed by atoms with van der Waals surface area (Å²) in [5.74, 6) is 2.19. The summed E-state index contributed by atoms with van der Waals surface area (Å²) >= 11 is 1.95. The maximum absolute atomic E-state index is 5.68. The van der Waals surface area contributed by atoms with Crippen LogP contribution in [0.25, 0.3) is 5.65 Å². The lowest BCUT2D eigenvalue weighted by Crippen LogP contribution is -2.04. The number of aromatic nitrogens is 3. The Hall–Kier alpha value is -1.07. The van der Waals surface area contributed by atoms with Crippen LogP contribution < -0.4 is 5.73 Å². The van der Waals surface area contributed by atoms with Gasteiger partial charge in [0, 0.05) is 6.54 Å². The molecule has 0 radical (unpaired) electrons. The first kappa shape index (κ1) is 10.1. The van der Waals surface area contributed by atoms with Crippen molar-refractivity contribution in [2.24, 2.45) is 5.73 Å². The predicted octanol–water partition coefficient (Wildman–Crippen LogP) is 1.76. The fourth-order valence-corrected chi connectivity index (χ4v) is 3.25. The molecule has 1 atom stereocenters. The van der Waals surface area contributed by atoms with Crippen LogP contribution >= 0.6 is 11.8 Å². The molecule has 3 heterocycles. The second-order valence-corrected chi connectivity index (χ2v) is 5.27. The number of rotatable bonds is 2. The molecule has 1 fully saturated rings. The molecule has 2 aromatic heterocycles. The van der Waals surface area contributed by atoms with Crippen molar-refractivity contribution in [2.45, 2.75) is 24.6 Å². The molecule has 2 aromatic rings. The molecule has 1 aliphatic rings. The van der Waals surface area contributed by atoms with Crippen molar-refractivity contribution in [2.75, 3.05) is 5.75 Å². The first-order valence-electron chi connectivity index (χ1n) is 5.55. The Morgan fingerprint density at radius 2 is 2.44 bits per heavy atom. The molecular weight excluding hydrogens is 220 g/mol. The molecule has 0 aromatic carbocycles. The van der Waals surface area contributed by atoms with Crippen LogP contribution in [0.3, 0.4) is 0 Å². The van der Waals surface area contributed by atoms with Gasteiger partial charge in [-0.1, -0.05) is 6.07 Å². The van der Waals surface area contributed by atoms with E-state index in [-0.39, 0.29) is 0 Å². The Balaban J connectivity index is 2.07. The van der Waals surface area contributed by atoms with E-state index in [4.69, 9.17) is 5.73 Å². The molecule has 5 heteroatoms. The van der Waals surface area contributed by atoms with E-state index >= 15 is 0 Å². The van der Waals surface area contributed by atoms with Gasteiger partial charge in [0.1, 0.15) is 0 Å². The zero-order valence-electron chi connectivity index (χ0n) is 8.97. The lowest BCUT2D eigenvalue weighted by molar-refractivity contribution is 0.757. The fourth-order valence-electron chi connectivity index (χ4n) is 2.05. The normalized spacial score (nSPS) is 20.7. The molecule has 84 valence electrons. The van der Waals surface area contributed by atoms with Crippen molar-refractivity contribution in [1.29, 1.82) is 0 Å². The summed E-state index contributed by atoms with van der Waals surface area (Å²) in [6.07, 6.45) is 2.47. The van der Waals surface area contributed by atoms with E-state index in [9.17, 15) is 0 Å². The highest BCUT2D eigenvalue weighted by atomic mass is 32.2. The minimum Gasteiger partial charge on any atom is -0.325 e. The monoisotopic (exact) mass is 234 g/mol. The average Bonchev–Trinajstić information content (AvgIpc) is 2.96. The van der Waals surface area contributed by atoms with Gasteiger partial charge in [-0.25, -0.2) is 9.50 Å². The highest BCUT2D eigenvalue weighted by Gasteiger charge is 2.22. The Morgan fingerprint density at radius 3 is 3.19 bits per heavy atom. The molecular formula is C11H14N4S. The summed E-state index contributed by atoms with van der Waals surface area (Å²) in [5.41, 5.74) is 7.61. The molecule has 0 aliphatic carbocycles. The van der Waals surface area contributed by atoms with Gasteiger partial charge >= 0.3 is 0 Å². The van der Waals surface area contributed by atoms with Crippen molar-refractivity contribution < 1.29 is 0 Å². The Bertz CT molecular complexity index is 502. The van der Waals surface area contributed by atoms with Crippen LogP contribution in [-0.2, 0) is 6.54 Å². The van der Waals surface area contributed by atoms with Crippen LogP contribution in [0.1, 0.15) is 29.6 Å². The number of hydrogen-bond acceptors (Lipinski definition) is 4. The summed E-state index contributed by atoms with van der Waals surface area (Å²) in [5, 5.41) is 5.05. The van der Waals surface area contributed by atoms with Gasteiger partial charge in [-0.15, -0.1) is 5.10 Å². The van der Waals surface area contributed by atoms with E-state index in [1.807, 2.05) is 34.5 Å². The molecule has 2 N–H and O–H groups in total. The SMILES string of the molecule is NCc1cccc2nc(C3CCCS3)nn12. The molecule has 16 heavy (non-hydrogen) atoms. The summed E-state index contributed by atoms with van der Waals surface area (Å²) in [4.78, 5) is 4.58. The zero-order chi connectivity index (χ0) is 11.0. The molecule has 0 bridgehead atoms. The lowest BCUT2D eigenvalue weighted by atomic mass is 10.2. The molecule has 0 saturated carbocycles. The highest BCUT2D eigenvalue weighted by molar-refractivity contribution is 7.99. The van der Waals surface area contributed by atoms with Gasteiger partial charge in [0.2, 0.25) is 0 Å². The largest absolute Gasteiger partial charge is 0.325 e. The minimum atomic E-state index is 0.477. The van der Waals surface area contributed by atoms with E-state index in [0.717, 1.165) is 17.2 Å². The topological polar surface area (TPSA) is 56.2 Å². The number of hydrogen-bond donors (Lipinski definition) is 1. The van der Waals surface area contributed by atoms with Crippen LogP contribution in [0.4, 0.5) is 0 Å².